The van der Waals surface area contributed by atoms with Crippen molar-refractivity contribution < 1.29 is 13.9 Å². The van der Waals surface area contributed by atoms with Gasteiger partial charge in [0, 0.05) is 36.2 Å². The number of rotatable bonds is 6. The Morgan fingerprint density at radius 2 is 1.42 bits per heavy atom. The molecule has 0 atom stereocenters. The molecule has 3 aromatic rings. The molecule has 2 aromatic heterocycles. The third-order valence-corrected chi connectivity index (χ3v) is 5.84. The van der Waals surface area contributed by atoms with Gasteiger partial charge >= 0.3 is 0 Å². The first-order valence-electron chi connectivity index (χ1n) is 10.8. The molecule has 172 valence electrons. The minimum absolute atomic E-state index is 0.379. The van der Waals surface area contributed by atoms with E-state index in [4.69, 9.17) is 18.9 Å². The van der Waals surface area contributed by atoms with E-state index >= 15 is 0 Å². The van der Waals surface area contributed by atoms with Crippen molar-refractivity contribution in [1.29, 1.82) is 0 Å². The molecule has 5 rings (SSSR count). The summed E-state index contributed by atoms with van der Waals surface area (Å²) in [5.41, 5.74) is 3.93. The number of nitrogens with zero attached hydrogens (tertiary/aromatic N) is 6. The van der Waals surface area contributed by atoms with Gasteiger partial charge < -0.3 is 23.7 Å². The van der Waals surface area contributed by atoms with Crippen LogP contribution in [0.15, 0.2) is 50.4 Å². The zero-order valence-electron chi connectivity index (χ0n) is 18.0. The number of furan rings is 1. The summed E-state index contributed by atoms with van der Waals surface area (Å²) >= 11 is 3.45. The normalized spacial score (nSPS) is 17.0. The molecule has 2 aliphatic rings. The Morgan fingerprint density at radius 3 is 2.03 bits per heavy atom. The number of hydrazone groups is 1. The van der Waals surface area contributed by atoms with Crippen LogP contribution in [0.3, 0.4) is 0 Å². The molecule has 2 saturated heterocycles. The molecule has 10 nitrogen and oxygen atoms in total. The predicted molar refractivity (Wildman–Crippen MR) is 129 cm³/mol. The maximum absolute atomic E-state index is 5.88. The van der Waals surface area contributed by atoms with Crippen LogP contribution in [0.4, 0.5) is 17.8 Å². The van der Waals surface area contributed by atoms with Crippen molar-refractivity contribution in [3.8, 4) is 11.3 Å². The maximum Gasteiger partial charge on any atom is 0.250 e. The number of ether oxygens (including phenoxy) is 2. The smallest absolute Gasteiger partial charge is 0.250 e. The summed E-state index contributed by atoms with van der Waals surface area (Å²) < 4.78 is 17.8. The molecule has 33 heavy (non-hydrogen) atoms. The van der Waals surface area contributed by atoms with Crippen molar-refractivity contribution in [1.82, 2.24) is 15.0 Å². The Morgan fingerprint density at radius 1 is 0.818 bits per heavy atom. The quantitative estimate of drug-likeness (QED) is 0.393. The van der Waals surface area contributed by atoms with Gasteiger partial charge in [0.15, 0.2) is 0 Å². The van der Waals surface area contributed by atoms with Crippen LogP contribution in [-0.2, 0) is 9.47 Å². The van der Waals surface area contributed by atoms with Crippen molar-refractivity contribution in [3.63, 3.8) is 0 Å². The van der Waals surface area contributed by atoms with Crippen molar-refractivity contribution in [2.45, 2.75) is 0 Å². The van der Waals surface area contributed by atoms with Gasteiger partial charge in [-0.3, -0.25) is 0 Å². The molecule has 1 aromatic carbocycles. The lowest BCUT2D eigenvalue weighted by atomic mass is 10.2. The molecule has 0 bridgehead atoms. The molecule has 1 N–H and O–H groups in total. The number of halogens is 1. The van der Waals surface area contributed by atoms with E-state index < -0.39 is 0 Å². The number of aromatic nitrogens is 3. The molecule has 2 aliphatic heterocycles. The molecule has 0 saturated carbocycles. The average Bonchev–Trinajstić information content (AvgIpc) is 3.34. The zero-order valence-corrected chi connectivity index (χ0v) is 19.6. The standard InChI is InChI=1S/C22H24BrN7O3/c23-17-3-1-16(2-4-17)19-6-5-18(33-19)15-24-28-20-25-21(29-7-11-31-12-8-29)27-22(26-20)30-9-13-32-14-10-30/h1-6,15H,7-14H2,(H,25,26,27,28)/b24-15-. The summed E-state index contributed by atoms with van der Waals surface area (Å²) in [6, 6.07) is 11.7. The van der Waals surface area contributed by atoms with Crippen LogP contribution in [0, 0.1) is 0 Å². The Labute approximate surface area is 199 Å². The largest absolute Gasteiger partial charge is 0.455 e. The molecule has 0 unspecified atom stereocenters. The zero-order chi connectivity index (χ0) is 22.5. The van der Waals surface area contributed by atoms with Crippen molar-refractivity contribution in [2.24, 2.45) is 5.10 Å². The molecule has 0 spiro atoms. The fourth-order valence-corrected chi connectivity index (χ4v) is 3.82. The van der Waals surface area contributed by atoms with E-state index in [2.05, 4.69) is 46.2 Å². The fourth-order valence-electron chi connectivity index (χ4n) is 3.56. The van der Waals surface area contributed by atoms with Gasteiger partial charge in [0.05, 0.1) is 32.6 Å². The van der Waals surface area contributed by atoms with Crippen LogP contribution in [-0.4, -0.2) is 73.8 Å². The highest BCUT2D eigenvalue weighted by Gasteiger charge is 2.20. The minimum Gasteiger partial charge on any atom is -0.455 e. The van der Waals surface area contributed by atoms with Gasteiger partial charge in [-0.2, -0.15) is 20.1 Å². The molecule has 11 heteroatoms. The second kappa shape index (κ2) is 10.3. The molecule has 2 fully saturated rings. The third-order valence-electron chi connectivity index (χ3n) is 5.31. The maximum atomic E-state index is 5.88. The second-order valence-corrected chi connectivity index (χ2v) is 8.45. The first-order valence-corrected chi connectivity index (χ1v) is 11.6. The third kappa shape index (κ3) is 5.49. The highest BCUT2D eigenvalue weighted by Crippen LogP contribution is 2.23. The molecule has 0 amide bonds. The number of nitrogens with one attached hydrogen (secondary N) is 1. The Bertz CT molecular complexity index is 1060. The van der Waals surface area contributed by atoms with E-state index in [9.17, 15) is 0 Å². The van der Waals surface area contributed by atoms with E-state index in [1.807, 2.05) is 36.4 Å². The van der Waals surface area contributed by atoms with Crippen LogP contribution < -0.4 is 15.2 Å². The Balaban J connectivity index is 1.32. The van der Waals surface area contributed by atoms with Crippen molar-refractivity contribution in [3.05, 3.63) is 46.6 Å². The van der Waals surface area contributed by atoms with Gasteiger partial charge in [-0.15, -0.1) is 0 Å². The van der Waals surface area contributed by atoms with Gasteiger partial charge in [0.1, 0.15) is 11.5 Å². The van der Waals surface area contributed by atoms with Crippen LogP contribution in [0.1, 0.15) is 5.76 Å². The average molecular weight is 514 g/mol. The number of hydrogen-bond acceptors (Lipinski definition) is 10. The summed E-state index contributed by atoms with van der Waals surface area (Å²) in [5, 5.41) is 4.29. The number of anilines is 3. The van der Waals surface area contributed by atoms with Crippen LogP contribution in [0.5, 0.6) is 0 Å². The van der Waals surface area contributed by atoms with Crippen LogP contribution >= 0.6 is 15.9 Å². The monoisotopic (exact) mass is 513 g/mol. The van der Waals surface area contributed by atoms with E-state index in [1.165, 1.54) is 0 Å². The lowest BCUT2D eigenvalue weighted by molar-refractivity contribution is 0.121. The molecule has 4 heterocycles. The van der Waals surface area contributed by atoms with Crippen molar-refractivity contribution in [2.75, 3.05) is 67.8 Å². The summed E-state index contributed by atoms with van der Waals surface area (Å²) in [4.78, 5) is 18.0. The molecular weight excluding hydrogens is 490 g/mol. The predicted octanol–water partition coefficient (Wildman–Crippen LogP) is 3.01. The highest BCUT2D eigenvalue weighted by atomic mass is 79.9. The van der Waals surface area contributed by atoms with Gasteiger partial charge in [-0.25, -0.2) is 5.43 Å². The fraction of sp³-hybridized carbons (Fsp3) is 0.364. The summed E-state index contributed by atoms with van der Waals surface area (Å²) in [5.74, 6) is 3.00. The van der Waals surface area contributed by atoms with Crippen molar-refractivity contribution >= 4 is 40.0 Å². The van der Waals surface area contributed by atoms with Gasteiger partial charge in [-0.1, -0.05) is 28.1 Å². The van der Waals surface area contributed by atoms with Gasteiger partial charge in [0.25, 0.3) is 0 Å². The lowest BCUT2D eigenvalue weighted by Gasteiger charge is -2.30. The van der Waals surface area contributed by atoms with Crippen LogP contribution in [0.25, 0.3) is 11.3 Å². The van der Waals surface area contributed by atoms with E-state index in [0.29, 0.717) is 50.0 Å². The van der Waals surface area contributed by atoms with E-state index in [0.717, 1.165) is 42.0 Å². The Hall–Kier alpha value is -3.02. The first kappa shape index (κ1) is 21.8. The number of hydrogen-bond donors (Lipinski definition) is 1. The van der Waals surface area contributed by atoms with Gasteiger partial charge in [-0.05, 0) is 24.3 Å². The second-order valence-electron chi connectivity index (χ2n) is 7.54. The first-order chi connectivity index (χ1) is 16.2. The van der Waals surface area contributed by atoms with E-state index in [-0.39, 0.29) is 0 Å². The topological polar surface area (TPSA) is 101 Å². The SMILES string of the molecule is Brc1ccc(-c2ccc(/C=N\Nc3nc(N4CCOCC4)nc(N4CCOCC4)n3)o2)cc1. The minimum atomic E-state index is 0.379. The van der Waals surface area contributed by atoms with E-state index in [1.54, 1.807) is 6.21 Å². The molecule has 0 radical (unpaired) electrons. The summed E-state index contributed by atoms with van der Waals surface area (Å²) in [6.45, 7) is 5.55. The van der Waals surface area contributed by atoms with Crippen LogP contribution in [0.2, 0.25) is 0 Å². The van der Waals surface area contributed by atoms with Gasteiger partial charge in [0.2, 0.25) is 17.8 Å². The lowest BCUT2D eigenvalue weighted by Crippen LogP contribution is -2.40. The molecular formula is C22H24BrN7O3. The number of benzene rings is 1. The highest BCUT2D eigenvalue weighted by molar-refractivity contribution is 9.10. The molecule has 0 aliphatic carbocycles. The summed E-state index contributed by atoms with van der Waals surface area (Å²) in [7, 11) is 0. The summed E-state index contributed by atoms with van der Waals surface area (Å²) in [6.07, 6.45) is 1.61. The number of morpholine rings is 2. The Kier molecular flexibility index (Phi) is 6.79.